The Morgan fingerprint density at radius 3 is 2.58 bits per heavy atom. The second kappa shape index (κ2) is 7.87. The van der Waals surface area contributed by atoms with Crippen LogP contribution >= 0.6 is 0 Å². The third kappa shape index (κ3) is 3.81. The maximum atomic E-state index is 12.2. The van der Waals surface area contributed by atoms with Crippen molar-refractivity contribution in [1.82, 2.24) is 24.1 Å². The van der Waals surface area contributed by atoms with Crippen LogP contribution in [-0.4, -0.2) is 24.1 Å². The van der Waals surface area contributed by atoms with Crippen molar-refractivity contribution in [2.24, 2.45) is 7.05 Å². The highest BCUT2D eigenvalue weighted by Crippen LogP contribution is 2.31. The Labute approximate surface area is 178 Å². The predicted molar refractivity (Wildman–Crippen MR) is 118 cm³/mol. The second-order valence-corrected chi connectivity index (χ2v) is 7.13. The molecule has 0 amide bonds. The smallest absolute Gasteiger partial charge is 0.258 e. The summed E-state index contributed by atoms with van der Waals surface area (Å²) in [4.78, 5) is 20.8. The Bertz CT molecular complexity index is 1410. The van der Waals surface area contributed by atoms with Crippen LogP contribution in [0.1, 0.15) is 5.69 Å². The van der Waals surface area contributed by atoms with E-state index >= 15 is 0 Å². The highest BCUT2D eigenvalue weighted by atomic mass is 16.5. The zero-order chi connectivity index (χ0) is 21.2. The Hall–Kier alpha value is -4.26. The van der Waals surface area contributed by atoms with Crippen LogP contribution in [0.5, 0.6) is 5.75 Å². The van der Waals surface area contributed by atoms with Crippen LogP contribution in [0, 0.1) is 0 Å². The highest BCUT2D eigenvalue weighted by Gasteiger charge is 2.12. The molecule has 1 aromatic carbocycles. The summed E-state index contributed by atoms with van der Waals surface area (Å²) in [5.74, 6) is 0.695. The van der Waals surface area contributed by atoms with E-state index in [0.29, 0.717) is 17.1 Å². The minimum Gasteiger partial charge on any atom is -0.487 e. The molecule has 7 heteroatoms. The molecule has 31 heavy (non-hydrogen) atoms. The van der Waals surface area contributed by atoms with Gasteiger partial charge >= 0.3 is 0 Å². The van der Waals surface area contributed by atoms with Crippen molar-refractivity contribution in [3.8, 4) is 28.1 Å². The molecule has 4 heterocycles. The molecule has 0 bridgehead atoms. The lowest BCUT2D eigenvalue weighted by Crippen LogP contribution is -2.16. The number of ether oxygens (including phenoxy) is 1. The van der Waals surface area contributed by atoms with Gasteiger partial charge in [-0.3, -0.25) is 18.9 Å². The highest BCUT2D eigenvalue weighted by molar-refractivity contribution is 5.80. The van der Waals surface area contributed by atoms with Crippen molar-refractivity contribution in [3.05, 3.63) is 101 Å². The van der Waals surface area contributed by atoms with Gasteiger partial charge in [-0.1, -0.05) is 6.07 Å². The second-order valence-electron chi connectivity index (χ2n) is 7.13. The molecule has 0 saturated carbocycles. The van der Waals surface area contributed by atoms with Crippen molar-refractivity contribution in [1.29, 1.82) is 0 Å². The summed E-state index contributed by atoms with van der Waals surface area (Å²) in [6, 6.07) is 18.6. The van der Waals surface area contributed by atoms with Crippen molar-refractivity contribution in [3.63, 3.8) is 0 Å². The fraction of sp³-hybridized carbons (Fsp3) is 0.0833. The largest absolute Gasteiger partial charge is 0.487 e. The summed E-state index contributed by atoms with van der Waals surface area (Å²) in [6.45, 7) is 0.214. The van der Waals surface area contributed by atoms with Crippen LogP contribution in [0.25, 0.3) is 28.0 Å². The summed E-state index contributed by atoms with van der Waals surface area (Å²) in [7, 11) is 1.91. The van der Waals surface area contributed by atoms with Gasteiger partial charge in [-0.15, -0.1) is 0 Å². The van der Waals surface area contributed by atoms with Crippen LogP contribution in [0.15, 0.2) is 90.2 Å². The Morgan fingerprint density at radius 1 is 0.968 bits per heavy atom. The number of aromatic nitrogens is 5. The molecule has 5 rings (SSSR count). The minimum atomic E-state index is -0.127. The molecule has 0 radical (unpaired) electrons. The standard InChI is InChI=1S/C24H19N5O2/c1-28-15-21(17-9-11-25-12-10-17)24(27-28)18-5-7-20(8-6-18)31-16-19-14-23(30)29-13-3-2-4-22(29)26-19/h2-15H,16H2,1H3. The average Bonchev–Trinajstić information content (AvgIpc) is 3.20. The van der Waals surface area contributed by atoms with Gasteiger partial charge in [0.15, 0.2) is 0 Å². The molecule has 0 aliphatic rings. The summed E-state index contributed by atoms with van der Waals surface area (Å²) in [6.07, 6.45) is 7.25. The van der Waals surface area contributed by atoms with E-state index in [4.69, 9.17) is 4.74 Å². The first-order chi connectivity index (χ1) is 15.2. The van der Waals surface area contributed by atoms with Gasteiger partial charge in [-0.25, -0.2) is 4.98 Å². The molecule has 152 valence electrons. The lowest BCUT2D eigenvalue weighted by molar-refractivity contribution is 0.301. The van der Waals surface area contributed by atoms with E-state index in [2.05, 4.69) is 15.1 Å². The van der Waals surface area contributed by atoms with Gasteiger partial charge in [0.2, 0.25) is 0 Å². The Kier molecular flexibility index (Phi) is 4.76. The van der Waals surface area contributed by atoms with Gasteiger partial charge in [-0.2, -0.15) is 5.10 Å². The lowest BCUT2D eigenvalue weighted by Gasteiger charge is -2.08. The molecule has 5 aromatic rings. The monoisotopic (exact) mass is 409 g/mol. The topological polar surface area (TPSA) is 74.3 Å². The van der Waals surface area contributed by atoms with Gasteiger partial charge in [0, 0.05) is 49.0 Å². The van der Waals surface area contributed by atoms with Gasteiger partial charge in [0.1, 0.15) is 23.7 Å². The first-order valence-corrected chi connectivity index (χ1v) is 9.82. The third-order valence-electron chi connectivity index (χ3n) is 4.96. The van der Waals surface area contributed by atoms with E-state index in [1.54, 1.807) is 35.4 Å². The predicted octanol–water partition coefficient (Wildman–Crippen LogP) is 3.74. The van der Waals surface area contributed by atoms with E-state index in [0.717, 1.165) is 22.4 Å². The third-order valence-corrected chi connectivity index (χ3v) is 4.96. The molecular formula is C24H19N5O2. The van der Waals surface area contributed by atoms with E-state index in [1.807, 2.05) is 55.7 Å². The fourth-order valence-electron chi connectivity index (χ4n) is 3.49. The van der Waals surface area contributed by atoms with Gasteiger partial charge < -0.3 is 4.74 Å². The first-order valence-electron chi connectivity index (χ1n) is 9.82. The molecule has 0 atom stereocenters. The molecule has 0 aliphatic carbocycles. The van der Waals surface area contributed by atoms with Gasteiger partial charge in [0.25, 0.3) is 5.56 Å². The number of hydrogen-bond donors (Lipinski definition) is 0. The van der Waals surface area contributed by atoms with Gasteiger partial charge in [-0.05, 0) is 54.1 Å². The number of hydrogen-bond acceptors (Lipinski definition) is 5. The number of benzene rings is 1. The van der Waals surface area contributed by atoms with Crippen molar-refractivity contribution in [2.75, 3.05) is 0 Å². The molecule has 0 unspecified atom stereocenters. The van der Waals surface area contributed by atoms with Crippen molar-refractivity contribution < 1.29 is 4.74 Å². The number of nitrogens with zero attached hydrogens (tertiary/aromatic N) is 5. The fourth-order valence-corrected chi connectivity index (χ4v) is 3.49. The number of fused-ring (bicyclic) bond motifs is 1. The number of aryl methyl sites for hydroxylation is 1. The zero-order valence-electron chi connectivity index (χ0n) is 16.8. The van der Waals surface area contributed by atoms with Crippen LogP contribution in [0.4, 0.5) is 0 Å². The molecule has 0 aliphatic heterocycles. The maximum absolute atomic E-state index is 12.2. The van der Waals surface area contributed by atoms with E-state index < -0.39 is 0 Å². The molecule has 4 aromatic heterocycles. The molecule has 0 fully saturated rings. The molecular weight excluding hydrogens is 390 g/mol. The first kappa shape index (κ1) is 18.7. The lowest BCUT2D eigenvalue weighted by atomic mass is 10.0. The van der Waals surface area contributed by atoms with E-state index in [-0.39, 0.29) is 12.2 Å². The van der Waals surface area contributed by atoms with Crippen molar-refractivity contribution >= 4 is 5.65 Å². The quantitative estimate of drug-likeness (QED) is 0.442. The molecule has 0 N–H and O–H groups in total. The average molecular weight is 409 g/mol. The summed E-state index contributed by atoms with van der Waals surface area (Å²) < 4.78 is 9.17. The Morgan fingerprint density at radius 2 is 1.77 bits per heavy atom. The summed E-state index contributed by atoms with van der Waals surface area (Å²) in [5, 5.41) is 4.63. The SMILES string of the molecule is Cn1cc(-c2ccncc2)c(-c2ccc(OCc3cc(=O)n4ccccc4n3)cc2)n1. The minimum absolute atomic E-state index is 0.127. The van der Waals surface area contributed by atoms with Gasteiger partial charge in [0.05, 0.1) is 5.69 Å². The van der Waals surface area contributed by atoms with Crippen LogP contribution < -0.4 is 10.3 Å². The van der Waals surface area contributed by atoms with Crippen LogP contribution in [-0.2, 0) is 13.7 Å². The Balaban J connectivity index is 1.36. The van der Waals surface area contributed by atoms with E-state index in [1.165, 1.54) is 10.5 Å². The van der Waals surface area contributed by atoms with Crippen LogP contribution in [0.3, 0.4) is 0 Å². The number of rotatable bonds is 5. The normalized spacial score (nSPS) is 11.0. The molecule has 0 spiro atoms. The van der Waals surface area contributed by atoms with E-state index in [9.17, 15) is 4.79 Å². The summed E-state index contributed by atoms with van der Waals surface area (Å²) >= 11 is 0. The zero-order valence-corrected chi connectivity index (χ0v) is 16.8. The molecule has 7 nitrogen and oxygen atoms in total. The van der Waals surface area contributed by atoms with Crippen LogP contribution in [0.2, 0.25) is 0 Å². The summed E-state index contributed by atoms with van der Waals surface area (Å²) in [5.41, 5.74) is 5.05. The van der Waals surface area contributed by atoms with Crippen molar-refractivity contribution in [2.45, 2.75) is 6.61 Å². The molecule has 0 saturated heterocycles. The number of pyridine rings is 2. The maximum Gasteiger partial charge on any atom is 0.258 e.